The van der Waals surface area contributed by atoms with Gasteiger partial charge in [-0.15, -0.1) is 0 Å². The third-order valence-electron chi connectivity index (χ3n) is 5.05. The molecule has 1 N–H and O–H groups in total. The number of carboxylic acid groups (broad SMARTS) is 1. The number of Topliss-reactive ketones (excluding diaryl/α,β-unsaturated/α-hetero) is 1. The lowest BCUT2D eigenvalue weighted by Gasteiger charge is -2.43. The van der Waals surface area contributed by atoms with Gasteiger partial charge < -0.3 is 14.7 Å². The van der Waals surface area contributed by atoms with Crippen LogP contribution in [0, 0.1) is 11.3 Å². The zero-order valence-corrected chi connectivity index (χ0v) is 14.3. The van der Waals surface area contributed by atoms with Crippen molar-refractivity contribution in [1.29, 1.82) is 0 Å². The van der Waals surface area contributed by atoms with E-state index in [-0.39, 0.29) is 17.8 Å². The van der Waals surface area contributed by atoms with E-state index in [4.69, 9.17) is 4.74 Å². The van der Waals surface area contributed by atoms with Crippen molar-refractivity contribution in [1.82, 2.24) is 4.90 Å². The maximum absolute atomic E-state index is 12.1. The van der Waals surface area contributed by atoms with Gasteiger partial charge in [-0.1, -0.05) is 0 Å². The lowest BCUT2D eigenvalue weighted by Crippen LogP contribution is -2.49. The van der Waals surface area contributed by atoms with Crippen molar-refractivity contribution in [2.75, 3.05) is 13.1 Å². The van der Waals surface area contributed by atoms with Crippen LogP contribution in [0.25, 0.3) is 0 Å². The van der Waals surface area contributed by atoms with Crippen LogP contribution in [0.4, 0.5) is 4.79 Å². The van der Waals surface area contributed by atoms with E-state index in [2.05, 4.69) is 0 Å². The van der Waals surface area contributed by atoms with Crippen LogP contribution in [0.2, 0.25) is 0 Å². The molecule has 0 spiro atoms. The van der Waals surface area contributed by atoms with Gasteiger partial charge >= 0.3 is 12.1 Å². The summed E-state index contributed by atoms with van der Waals surface area (Å²) in [5.41, 5.74) is -1.33. The first-order valence-corrected chi connectivity index (χ1v) is 8.37. The predicted octanol–water partition coefficient (Wildman–Crippen LogP) is 2.85. The molecule has 1 saturated carbocycles. The molecular weight excluding hydrogens is 298 g/mol. The maximum atomic E-state index is 12.1. The van der Waals surface area contributed by atoms with Gasteiger partial charge in [-0.25, -0.2) is 4.79 Å². The first-order valence-electron chi connectivity index (χ1n) is 8.37. The van der Waals surface area contributed by atoms with Gasteiger partial charge in [0.2, 0.25) is 0 Å². The molecule has 0 aromatic rings. The van der Waals surface area contributed by atoms with E-state index in [0.29, 0.717) is 51.6 Å². The number of hydrogen-bond acceptors (Lipinski definition) is 4. The van der Waals surface area contributed by atoms with Crippen molar-refractivity contribution in [3.8, 4) is 0 Å². The number of aliphatic carboxylic acids is 1. The van der Waals surface area contributed by atoms with Gasteiger partial charge in [-0.05, 0) is 52.4 Å². The van der Waals surface area contributed by atoms with Gasteiger partial charge in [-0.2, -0.15) is 0 Å². The second kappa shape index (κ2) is 6.49. The molecule has 0 bridgehead atoms. The number of nitrogens with zero attached hydrogens (tertiary/aromatic N) is 1. The number of carbonyl (C=O) groups excluding carboxylic acids is 2. The number of likely N-dealkylation sites (tertiary alicyclic amines) is 1. The summed E-state index contributed by atoms with van der Waals surface area (Å²) in [6.45, 7) is 6.52. The average molecular weight is 325 g/mol. The van der Waals surface area contributed by atoms with Gasteiger partial charge in [0.25, 0.3) is 0 Å². The highest BCUT2D eigenvalue weighted by Crippen LogP contribution is 2.46. The molecule has 0 atom stereocenters. The normalized spacial score (nSPS) is 22.7. The zero-order valence-electron chi connectivity index (χ0n) is 14.3. The van der Waals surface area contributed by atoms with E-state index in [0.717, 1.165) is 0 Å². The number of hydrogen-bond donors (Lipinski definition) is 1. The molecule has 0 radical (unpaired) electrons. The van der Waals surface area contributed by atoms with Crippen LogP contribution in [0.3, 0.4) is 0 Å². The van der Waals surface area contributed by atoms with Gasteiger partial charge in [0.1, 0.15) is 11.4 Å². The van der Waals surface area contributed by atoms with Gasteiger partial charge in [0.15, 0.2) is 0 Å². The molecule has 2 fully saturated rings. The molecule has 1 saturated heterocycles. The molecular formula is C17H27NO5. The maximum Gasteiger partial charge on any atom is 0.410 e. The molecule has 1 amide bonds. The van der Waals surface area contributed by atoms with Crippen LogP contribution in [-0.2, 0) is 14.3 Å². The SMILES string of the molecule is CC(C)(C)OC(=O)N1CCC(C2(C(=O)O)CCC(=O)CC2)CC1. The van der Waals surface area contributed by atoms with E-state index in [1.165, 1.54) is 0 Å². The van der Waals surface area contributed by atoms with Gasteiger partial charge in [0, 0.05) is 25.9 Å². The van der Waals surface area contributed by atoms with Crippen LogP contribution < -0.4 is 0 Å². The Morgan fingerprint density at radius 2 is 1.70 bits per heavy atom. The topological polar surface area (TPSA) is 83.9 Å². The number of amides is 1. The van der Waals surface area contributed by atoms with Crippen molar-refractivity contribution in [3.05, 3.63) is 0 Å². The third-order valence-corrected chi connectivity index (χ3v) is 5.05. The molecule has 6 nitrogen and oxygen atoms in total. The van der Waals surface area contributed by atoms with Gasteiger partial charge in [-0.3, -0.25) is 9.59 Å². The van der Waals surface area contributed by atoms with Crippen LogP contribution in [0.15, 0.2) is 0 Å². The fraction of sp³-hybridized carbons (Fsp3) is 0.824. The standard InChI is InChI=1S/C17H27NO5/c1-16(2,3)23-15(22)18-10-6-12(7-11-18)17(14(20)21)8-4-13(19)5-9-17/h12H,4-11H2,1-3H3,(H,20,21). The highest BCUT2D eigenvalue weighted by molar-refractivity contribution is 5.84. The quantitative estimate of drug-likeness (QED) is 0.844. The summed E-state index contributed by atoms with van der Waals surface area (Å²) in [6, 6.07) is 0. The molecule has 2 rings (SSSR count). The van der Waals surface area contributed by atoms with E-state index < -0.39 is 17.0 Å². The summed E-state index contributed by atoms with van der Waals surface area (Å²) >= 11 is 0. The summed E-state index contributed by atoms with van der Waals surface area (Å²) < 4.78 is 5.37. The summed E-state index contributed by atoms with van der Waals surface area (Å²) in [7, 11) is 0. The van der Waals surface area contributed by atoms with Crippen LogP contribution in [0.1, 0.15) is 59.3 Å². The predicted molar refractivity (Wildman–Crippen MR) is 84.1 cm³/mol. The smallest absolute Gasteiger partial charge is 0.410 e. The lowest BCUT2D eigenvalue weighted by atomic mass is 9.63. The minimum atomic E-state index is -0.798. The Bertz CT molecular complexity index is 476. The van der Waals surface area contributed by atoms with Crippen molar-refractivity contribution < 1.29 is 24.2 Å². The monoisotopic (exact) mass is 325 g/mol. The number of rotatable bonds is 2. The van der Waals surface area contributed by atoms with Crippen LogP contribution in [-0.4, -0.2) is 46.5 Å². The summed E-state index contributed by atoms with van der Waals surface area (Å²) in [5.74, 6) is -0.611. The lowest BCUT2D eigenvalue weighted by molar-refractivity contribution is -0.157. The van der Waals surface area contributed by atoms with Crippen molar-refractivity contribution in [3.63, 3.8) is 0 Å². The first kappa shape index (κ1) is 17.8. The fourth-order valence-electron chi connectivity index (χ4n) is 3.71. The van der Waals surface area contributed by atoms with Crippen molar-refractivity contribution in [2.45, 2.75) is 64.9 Å². The second-order valence-electron chi connectivity index (χ2n) is 7.74. The number of ketones is 1. The Balaban J connectivity index is 1.98. The highest BCUT2D eigenvalue weighted by Gasteiger charge is 2.48. The molecule has 0 aromatic heterocycles. The molecule has 1 aliphatic carbocycles. The zero-order chi connectivity index (χ0) is 17.3. The molecule has 1 heterocycles. The van der Waals surface area contributed by atoms with E-state index in [1.54, 1.807) is 4.90 Å². The number of piperidine rings is 1. The molecule has 0 aromatic carbocycles. The molecule has 130 valence electrons. The van der Waals surface area contributed by atoms with E-state index in [9.17, 15) is 19.5 Å². The van der Waals surface area contributed by atoms with E-state index >= 15 is 0 Å². The minimum Gasteiger partial charge on any atom is -0.481 e. The minimum absolute atomic E-state index is 0.0202. The summed E-state index contributed by atoms with van der Waals surface area (Å²) in [4.78, 5) is 37.1. The summed E-state index contributed by atoms with van der Waals surface area (Å²) in [5, 5.41) is 9.74. The van der Waals surface area contributed by atoms with Crippen LogP contribution in [0.5, 0.6) is 0 Å². The molecule has 2 aliphatic rings. The molecule has 0 unspecified atom stereocenters. The first-order chi connectivity index (χ1) is 10.6. The Morgan fingerprint density at radius 1 is 1.17 bits per heavy atom. The molecule has 6 heteroatoms. The van der Waals surface area contributed by atoms with E-state index in [1.807, 2.05) is 20.8 Å². The average Bonchev–Trinajstić information content (AvgIpc) is 2.46. The highest BCUT2D eigenvalue weighted by atomic mass is 16.6. The van der Waals surface area contributed by atoms with Gasteiger partial charge in [0.05, 0.1) is 5.41 Å². The Hall–Kier alpha value is -1.59. The van der Waals surface area contributed by atoms with Crippen molar-refractivity contribution >= 4 is 17.8 Å². The molecule has 23 heavy (non-hydrogen) atoms. The largest absolute Gasteiger partial charge is 0.481 e. The Morgan fingerprint density at radius 3 is 2.13 bits per heavy atom. The summed E-state index contributed by atoms with van der Waals surface area (Å²) in [6.07, 6.45) is 2.55. The fourth-order valence-corrected chi connectivity index (χ4v) is 3.71. The van der Waals surface area contributed by atoms with Crippen LogP contribution >= 0.6 is 0 Å². The Kier molecular flexibility index (Phi) is 5.01. The second-order valence-corrected chi connectivity index (χ2v) is 7.74. The third kappa shape index (κ3) is 4.03. The number of carbonyl (C=O) groups is 3. The Labute approximate surface area is 137 Å². The number of ether oxygens (including phenoxy) is 1. The molecule has 1 aliphatic heterocycles. The number of carboxylic acids is 1. The van der Waals surface area contributed by atoms with Crippen molar-refractivity contribution in [2.24, 2.45) is 11.3 Å².